The van der Waals surface area contributed by atoms with E-state index in [-0.39, 0.29) is 12.8 Å². The summed E-state index contributed by atoms with van der Waals surface area (Å²) in [5.74, 6) is -1.82. The SMILES string of the molecule is CCCCCCCCCCCC(=O)[O-].CCCCCCCCCCCCCC(=O)[O-]. The van der Waals surface area contributed by atoms with E-state index in [1.807, 2.05) is 0 Å². The van der Waals surface area contributed by atoms with Crippen LogP contribution >= 0.6 is 0 Å². The van der Waals surface area contributed by atoms with E-state index in [4.69, 9.17) is 0 Å². The van der Waals surface area contributed by atoms with E-state index >= 15 is 0 Å². The molecule has 0 aliphatic carbocycles. The molecular weight excluding hydrogens is 376 g/mol. The van der Waals surface area contributed by atoms with Crippen molar-refractivity contribution in [2.75, 3.05) is 0 Å². The Balaban J connectivity index is 0. The van der Waals surface area contributed by atoms with E-state index in [0.717, 1.165) is 25.7 Å². The Bertz CT molecular complexity index is 355. The number of hydrogen-bond donors (Lipinski definition) is 0. The van der Waals surface area contributed by atoms with Crippen molar-refractivity contribution in [3.8, 4) is 0 Å². The second-order valence-electron chi connectivity index (χ2n) is 8.61. The first kappa shape index (κ1) is 31.1. The molecule has 4 heteroatoms. The van der Waals surface area contributed by atoms with Crippen LogP contribution in [0, 0.1) is 0 Å². The lowest BCUT2D eigenvalue weighted by Gasteiger charge is -2.03. The highest BCUT2D eigenvalue weighted by atomic mass is 16.4. The molecule has 0 fully saturated rings. The van der Waals surface area contributed by atoms with Crippen molar-refractivity contribution in [2.24, 2.45) is 0 Å². The number of carbonyl (C=O) groups is 2. The Hall–Kier alpha value is -1.06. The van der Waals surface area contributed by atoms with E-state index in [0.29, 0.717) is 0 Å². The largest absolute Gasteiger partial charge is 0.550 e. The summed E-state index contributed by atoms with van der Waals surface area (Å²) in [5, 5.41) is 20.2. The molecule has 0 rings (SSSR count). The van der Waals surface area contributed by atoms with Gasteiger partial charge in [0.25, 0.3) is 0 Å². The standard InChI is InChI=1S/C14H28O2.C12H24O2/c1-2-3-4-5-6-7-8-9-10-11-12-13-14(15)16;1-2-3-4-5-6-7-8-9-10-11-12(13)14/h2-13H2,1H3,(H,15,16);2-11H2,1H3,(H,13,14)/p-2. The van der Waals surface area contributed by atoms with Gasteiger partial charge in [0.15, 0.2) is 0 Å². The smallest absolute Gasteiger partial charge is 0.0414 e. The lowest BCUT2D eigenvalue weighted by Crippen LogP contribution is -2.21. The van der Waals surface area contributed by atoms with Crippen LogP contribution in [-0.2, 0) is 9.59 Å². The van der Waals surface area contributed by atoms with Gasteiger partial charge in [-0.05, 0) is 25.7 Å². The van der Waals surface area contributed by atoms with Crippen molar-refractivity contribution in [3.05, 3.63) is 0 Å². The van der Waals surface area contributed by atoms with Gasteiger partial charge in [-0.1, -0.05) is 129 Å². The Labute approximate surface area is 187 Å². The number of carboxylic acids is 2. The van der Waals surface area contributed by atoms with Crippen LogP contribution in [0.4, 0.5) is 0 Å². The number of carbonyl (C=O) groups excluding carboxylic acids is 2. The fourth-order valence-electron chi connectivity index (χ4n) is 3.51. The minimum absolute atomic E-state index is 0.232. The van der Waals surface area contributed by atoms with Gasteiger partial charge in [0.2, 0.25) is 0 Å². The summed E-state index contributed by atoms with van der Waals surface area (Å²) in [4.78, 5) is 20.2. The van der Waals surface area contributed by atoms with Crippen LogP contribution in [0.15, 0.2) is 0 Å². The Morgan fingerprint density at radius 3 is 0.800 bits per heavy atom. The Morgan fingerprint density at radius 1 is 0.400 bits per heavy atom. The van der Waals surface area contributed by atoms with E-state index in [1.165, 1.54) is 103 Å². The summed E-state index contributed by atoms with van der Waals surface area (Å²) in [6.07, 6.45) is 25.2. The quantitative estimate of drug-likeness (QED) is 0.196. The number of rotatable bonds is 22. The summed E-state index contributed by atoms with van der Waals surface area (Å²) < 4.78 is 0. The molecule has 0 saturated heterocycles. The number of aliphatic carboxylic acids is 2. The maximum absolute atomic E-state index is 10.1. The summed E-state index contributed by atoms with van der Waals surface area (Å²) in [6.45, 7) is 4.46. The van der Waals surface area contributed by atoms with Gasteiger partial charge < -0.3 is 19.8 Å². The molecular formula is C26H50O4-2. The van der Waals surface area contributed by atoms with Crippen molar-refractivity contribution in [1.29, 1.82) is 0 Å². The fraction of sp³-hybridized carbons (Fsp3) is 0.923. The molecule has 0 atom stereocenters. The fourth-order valence-corrected chi connectivity index (χ4v) is 3.51. The molecule has 180 valence electrons. The zero-order chi connectivity index (χ0) is 22.7. The first-order valence-electron chi connectivity index (χ1n) is 12.9. The molecule has 4 nitrogen and oxygen atoms in total. The molecule has 0 unspecified atom stereocenters. The highest BCUT2D eigenvalue weighted by Gasteiger charge is 1.94. The molecule has 0 aliphatic rings. The Morgan fingerprint density at radius 2 is 0.600 bits per heavy atom. The maximum atomic E-state index is 10.1. The topological polar surface area (TPSA) is 80.3 Å². The molecule has 0 aliphatic heterocycles. The van der Waals surface area contributed by atoms with Crippen molar-refractivity contribution >= 4 is 11.9 Å². The van der Waals surface area contributed by atoms with E-state index in [1.54, 1.807) is 0 Å². The van der Waals surface area contributed by atoms with Gasteiger partial charge in [-0.3, -0.25) is 0 Å². The third kappa shape index (κ3) is 34.4. The molecule has 0 aromatic heterocycles. The van der Waals surface area contributed by atoms with Crippen LogP contribution in [0.1, 0.15) is 155 Å². The molecule has 0 aromatic rings. The summed E-state index contributed by atoms with van der Waals surface area (Å²) in [6, 6.07) is 0. The Kier molecular flexibility index (Phi) is 29.0. The van der Waals surface area contributed by atoms with Crippen LogP contribution in [-0.4, -0.2) is 11.9 Å². The molecule has 0 amide bonds. The van der Waals surface area contributed by atoms with Crippen LogP contribution < -0.4 is 10.2 Å². The second-order valence-corrected chi connectivity index (χ2v) is 8.61. The third-order valence-corrected chi connectivity index (χ3v) is 5.47. The van der Waals surface area contributed by atoms with Gasteiger partial charge in [0, 0.05) is 11.9 Å². The van der Waals surface area contributed by atoms with Gasteiger partial charge in [-0.15, -0.1) is 0 Å². The van der Waals surface area contributed by atoms with Gasteiger partial charge in [0.1, 0.15) is 0 Å². The zero-order valence-electron chi connectivity index (χ0n) is 20.2. The van der Waals surface area contributed by atoms with Crippen molar-refractivity contribution < 1.29 is 19.8 Å². The predicted molar refractivity (Wildman–Crippen MR) is 123 cm³/mol. The highest BCUT2D eigenvalue weighted by Crippen LogP contribution is 2.12. The normalized spacial score (nSPS) is 10.5. The van der Waals surface area contributed by atoms with Gasteiger partial charge in [0.05, 0.1) is 0 Å². The van der Waals surface area contributed by atoms with Gasteiger partial charge >= 0.3 is 0 Å². The minimum atomic E-state index is -0.909. The van der Waals surface area contributed by atoms with E-state index in [9.17, 15) is 19.8 Å². The third-order valence-electron chi connectivity index (χ3n) is 5.47. The average Bonchev–Trinajstić information content (AvgIpc) is 2.71. The average molecular weight is 427 g/mol. The highest BCUT2D eigenvalue weighted by molar-refractivity contribution is 5.64. The lowest BCUT2D eigenvalue weighted by molar-refractivity contribution is -0.307. The van der Waals surface area contributed by atoms with E-state index in [2.05, 4.69) is 13.8 Å². The first-order valence-corrected chi connectivity index (χ1v) is 12.9. The maximum Gasteiger partial charge on any atom is 0.0414 e. The number of hydrogen-bond acceptors (Lipinski definition) is 4. The van der Waals surface area contributed by atoms with Gasteiger partial charge in [-0.2, -0.15) is 0 Å². The second kappa shape index (κ2) is 27.9. The molecule has 0 spiro atoms. The predicted octanol–water partition coefficient (Wildman–Crippen LogP) is 6.09. The van der Waals surface area contributed by atoms with Crippen LogP contribution in [0.3, 0.4) is 0 Å². The minimum Gasteiger partial charge on any atom is -0.550 e. The van der Waals surface area contributed by atoms with E-state index < -0.39 is 11.9 Å². The molecule has 0 bridgehead atoms. The molecule has 0 heterocycles. The van der Waals surface area contributed by atoms with Gasteiger partial charge in [-0.25, -0.2) is 0 Å². The van der Waals surface area contributed by atoms with Crippen molar-refractivity contribution in [1.82, 2.24) is 0 Å². The molecule has 0 saturated carbocycles. The molecule has 0 aromatic carbocycles. The lowest BCUT2D eigenvalue weighted by atomic mass is 10.1. The summed E-state index contributed by atoms with van der Waals surface area (Å²) >= 11 is 0. The summed E-state index contributed by atoms with van der Waals surface area (Å²) in [7, 11) is 0. The zero-order valence-corrected chi connectivity index (χ0v) is 20.2. The molecule has 0 N–H and O–H groups in total. The monoisotopic (exact) mass is 426 g/mol. The van der Waals surface area contributed by atoms with Crippen molar-refractivity contribution in [3.63, 3.8) is 0 Å². The molecule has 30 heavy (non-hydrogen) atoms. The van der Waals surface area contributed by atoms with Crippen LogP contribution in [0.2, 0.25) is 0 Å². The van der Waals surface area contributed by atoms with Crippen molar-refractivity contribution in [2.45, 2.75) is 155 Å². The van der Waals surface area contributed by atoms with Crippen LogP contribution in [0.25, 0.3) is 0 Å². The number of unbranched alkanes of at least 4 members (excludes halogenated alkanes) is 18. The van der Waals surface area contributed by atoms with Crippen LogP contribution in [0.5, 0.6) is 0 Å². The summed E-state index contributed by atoms with van der Waals surface area (Å²) in [5.41, 5.74) is 0. The number of carboxylic acid groups (broad SMARTS) is 2. The first-order chi connectivity index (χ1) is 14.5. The molecule has 0 radical (unpaired) electrons.